The number of amides is 1. The van der Waals surface area contributed by atoms with E-state index >= 15 is 0 Å². The van der Waals surface area contributed by atoms with Crippen LogP contribution >= 0.6 is 11.6 Å². The highest BCUT2D eigenvalue weighted by Gasteiger charge is 2.21. The second-order valence-electron chi connectivity index (χ2n) is 8.49. The highest BCUT2D eigenvalue weighted by molar-refractivity contribution is 6.30. The molecule has 1 amide bonds. The molecule has 4 aromatic rings. The minimum atomic E-state index is 0.152. The number of hydrogen-bond acceptors (Lipinski definition) is 5. The summed E-state index contributed by atoms with van der Waals surface area (Å²) in [6, 6.07) is 20.5. The Morgan fingerprint density at radius 1 is 1.00 bits per heavy atom. The van der Waals surface area contributed by atoms with Crippen LogP contribution in [0.15, 0.2) is 71.1 Å². The van der Waals surface area contributed by atoms with Gasteiger partial charge in [0.2, 0.25) is 11.8 Å². The number of likely N-dealkylation sites (tertiary alicyclic amines) is 1. The van der Waals surface area contributed by atoms with Gasteiger partial charge >= 0.3 is 0 Å². The fourth-order valence-electron chi connectivity index (χ4n) is 4.05. The molecule has 0 spiro atoms. The lowest BCUT2D eigenvalue weighted by atomic mass is 9.98. The molecule has 1 aliphatic rings. The number of piperidine rings is 1. The first-order chi connectivity index (χ1) is 16.5. The van der Waals surface area contributed by atoms with E-state index in [4.69, 9.17) is 25.5 Å². The number of nitrogens with zero attached hydrogens (tertiary/aromatic N) is 2. The molecule has 1 aliphatic heterocycles. The fraction of sp³-hybridized carbons (Fsp3) is 0.259. The summed E-state index contributed by atoms with van der Waals surface area (Å²) in [7, 11) is 0. The number of rotatable bonds is 6. The van der Waals surface area contributed by atoms with Crippen molar-refractivity contribution in [2.24, 2.45) is 5.92 Å². The van der Waals surface area contributed by atoms with Gasteiger partial charge in [0.15, 0.2) is 5.58 Å². The van der Waals surface area contributed by atoms with Crippen molar-refractivity contribution in [1.29, 1.82) is 0 Å². The van der Waals surface area contributed by atoms with Gasteiger partial charge in [0.1, 0.15) is 22.8 Å². The minimum Gasteiger partial charge on any atom is -0.493 e. The average Bonchev–Trinajstić information content (AvgIpc) is 3.28. The van der Waals surface area contributed by atoms with Gasteiger partial charge < -0.3 is 18.8 Å². The Balaban J connectivity index is 1.21. The first-order valence-corrected chi connectivity index (χ1v) is 11.7. The maximum atomic E-state index is 11.5. The van der Waals surface area contributed by atoms with Gasteiger partial charge in [-0.15, -0.1) is 0 Å². The molecule has 34 heavy (non-hydrogen) atoms. The van der Waals surface area contributed by atoms with Crippen molar-refractivity contribution in [3.63, 3.8) is 0 Å². The van der Waals surface area contributed by atoms with Crippen LogP contribution in [0.1, 0.15) is 19.8 Å². The average molecular weight is 477 g/mol. The third-order valence-corrected chi connectivity index (χ3v) is 6.31. The molecule has 2 heterocycles. The number of aromatic nitrogens is 1. The van der Waals surface area contributed by atoms with Crippen LogP contribution in [0.4, 0.5) is 0 Å². The maximum Gasteiger partial charge on any atom is 0.227 e. The summed E-state index contributed by atoms with van der Waals surface area (Å²) in [5.74, 6) is 3.34. The molecule has 0 radical (unpaired) electrons. The molecular weight excluding hydrogens is 452 g/mol. The van der Waals surface area contributed by atoms with Crippen molar-refractivity contribution >= 4 is 28.6 Å². The summed E-state index contributed by atoms with van der Waals surface area (Å²) in [6.07, 6.45) is 1.95. The van der Waals surface area contributed by atoms with Crippen LogP contribution < -0.4 is 9.47 Å². The summed E-state index contributed by atoms with van der Waals surface area (Å²) < 4.78 is 17.9. The van der Waals surface area contributed by atoms with E-state index in [1.807, 2.05) is 59.5 Å². The molecule has 1 saturated heterocycles. The lowest BCUT2D eigenvalue weighted by molar-refractivity contribution is -0.130. The minimum absolute atomic E-state index is 0.152. The van der Waals surface area contributed by atoms with Gasteiger partial charge in [-0.2, -0.15) is 0 Å². The van der Waals surface area contributed by atoms with E-state index in [0.717, 1.165) is 42.8 Å². The van der Waals surface area contributed by atoms with Crippen LogP contribution in [0.25, 0.3) is 22.6 Å². The summed E-state index contributed by atoms with van der Waals surface area (Å²) in [4.78, 5) is 18.0. The largest absolute Gasteiger partial charge is 0.493 e. The molecule has 5 rings (SSSR count). The molecule has 0 unspecified atom stereocenters. The van der Waals surface area contributed by atoms with Gasteiger partial charge in [-0.05, 0) is 79.4 Å². The Bertz CT molecular complexity index is 1280. The van der Waals surface area contributed by atoms with Crippen molar-refractivity contribution < 1.29 is 18.7 Å². The van der Waals surface area contributed by atoms with Crippen molar-refractivity contribution in [2.75, 3.05) is 19.7 Å². The quantitative estimate of drug-likeness (QED) is 0.314. The number of fused-ring (bicyclic) bond motifs is 1. The molecular formula is C27H25ClN2O4. The van der Waals surface area contributed by atoms with Gasteiger partial charge in [0.25, 0.3) is 0 Å². The predicted molar refractivity (Wildman–Crippen MR) is 131 cm³/mol. The Hall–Kier alpha value is -3.51. The van der Waals surface area contributed by atoms with Gasteiger partial charge in [-0.25, -0.2) is 4.98 Å². The Labute approximate surface area is 203 Å². The summed E-state index contributed by atoms with van der Waals surface area (Å²) >= 11 is 5.93. The van der Waals surface area contributed by atoms with Crippen molar-refractivity contribution in [3.8, 4) is 28.7 Å². The first kappa shape index (κ1) is 22.3. The van der Waals surface area contributed by atoms with Gasteiger partial charge in [0.05, 0.1) is 6.61 Å². The molecule has 0 N–H and O–H groups in total. The van der Waals surface area contributed by atoms with Gasteiger partial charge in [-0.1, -0.05) is 11.6 Å². The van der Waals surface area contributed by atoms with E-state index in [2.05, 4.69) is 4.98 Å². The molecule has 7 heteroatoms. The number of oxazole rings is 1. The van der Waals surface area contributed by atoms with E-state index in [1.54, 1.807) is 19.1 Å². The monoisotopic (exact) mass is 476 g/mol. The Kier molecular flexibility index (Phi) is 6.41. The number of ether oxygens (including phenoxy) is 2. The standard InChI is InChI=1S/C27H25ClN2O4/c1-18(31)30-14-12-19(13-15-30)17-32-22-6-2-20(3-7-22)27-29-25-11-10-24(16-26(25)34-27)33-23-8-4-21(28)5-9-23/h2-11,16,19H,12-15,17H2,1H3. The Morgan fingerprint density at radius 2 is 1.68 bits per heavy atom. The van der Waals surface area contributed by atoms with Crippen LogP contribution in [-0.2, 0) is 4.79 Å². The number of carbonyl (C=O) groups excluding carboxylic acids is 1. The van der Waals surface area contributed by atoms with Crippen molar-refractivity contribution in [1.82, 2.24) is 9.88 Å². The topological polar surface area (TPSA) is 64.8 Å². The van der Waals surface area contributed by atoms with E-state index in [1.165, 1.54) is 0 Å². The normalized spacial score (nSPS) is 14.4. The van der Waals surface area contributed by atoms with E-state index in [-0.39, 0.29) is 5.91 Å². The van der Waals surface area contributed by atoms with Crippen molar-refractivity contribution in [2.45, 2.75) is 19.8 Å². The summed E-state index contributed by atoms with van der Waals surface area (Å²) in [5.41, 5.74) is 2.29. The molecule has 0 saturated carbocycles. The molecule has 1 fully saturated rings. The second-order valence-corrected chi connectivity index (χ2v) is 8.93. The molecule has 0 bridgehead atoms. The number of hydrogen-bond donors (Lipinski definition) is 0. The van der Waals surface area contributed by atoms with Crippen LogP contribution in [0.5, 0.6) is 17.2 Å². The SMILES string of the molecule is CC(=O)N1CCC(COc2ccc(-c3nc4ccc(Oc5ccc(Cl)cc5)cc4o3)cc2)CC1. The zero-order valence-corrected chi connectivity index (χ0v) is 19.6. The lowest BCUT2D eigenvalue weighted by Crippen LogP contribution is -2.38. The second kappa shape index (κ2) is 9.77. The predicted octanol–water partition coefficient (Wildman–Crippen LogP) is 6.58. The molecule has 0 atom stereocenters. The highest BCUT2D eigenvalue weighted by atomic mass is 35.5. The number of halogens is 1. The summed E-state index contributed by atoms with van der Waals surface area (Å²) in [5, 5.41) is 0.661. The molecule has 1 aromatic heterocycles. The van der Waals surface area contributed by atoms with Crippen LogP contribution in [0.2, 0.25) is 5.02 Å². The number of benzene rings is 3. The van der Waals surface area contributed by atoms with E-state index in [0.29, 0.717) is 40.5 Å². The zero-order chi connectivity index (χ0) is 23.5. The van der Waals surface area contributed by atoms with Crippen LogP contribution in [-0.4, -0.2) is 35.5 Å². The first-order valence-electron chi connectivity index (χ1n) is 11.4. The molecule has 6 nitrogen and oxygen atoms in total. The van der Waals surface area contributed by atoms with Gasteiger partial charge in [0, 0.05) is 36.7 Å². The molecule has 0 aliphatic carbocycles. The van der Waals surface area contributed by atoms with Crippen LogP contribution in [0, 0.1) is 5.92 Å². The third-order valence-electron chi connectivity index (χ3n) is 6.06. The van der Waals surface area contributed by atoms with Crippen molar-refractivity contribution in [3.05, 3.63) is 71.8 Å². The molecule has 174 valence electrons. The summed E-state index contributed by atoms with van der Waals surface area (Å²) in [6.45, 7) is 3.91. The fourth-order valence-corrected chi connectivity index (χ4v) is 4.18. The lowest BCUT2D eigenvalue weighted by Gasteiger charge is -2.31. The zero-order valence-electron chi connectivity index (χ0n) is 18.9. The van der Waals surface area contributed by atoms with Crippen LogP contribution in [0.3, 0.4) is 0 Å². The third kappa shape index (κ3) is 5.18. The molecule has 3 aromatic carbocycles. The number of carbonyl (C=O) groups is 1. The van der Waals surface area contributed by atoms with Gasteiger partial charge in [-0.3, -0.25) is 4.79 Å². The van der Waals surface area contributed by atoms with E-state index < -0.39 is 0 Å². The van der Waals surface area contributed by atoms with E-state index in [9.17, 15) is 4.79 Å². The Morgan fingerprint density at radius 3 is 2.38 bits per heavy atom. The smallest absolute Gasteiger partial charge is 0.227 e. The maximum absolute atomic E-state index is 11.5. The highest BCUT2D eigenvalue weighted by Crippen LogP contribution is 2.30.